The molecule has 0 atom stereocenters. The molecule has 0 saturated carbocycles. The van der Waals surface area contributed by atoms with Gasteiger partial charge in [0.2, 0.25) is 0 Å². The second-order valence-electron chi connectivity index (χ2n) is 3.51. The SMILES string of the molecule is CNCCc1nc2c(C)cccc2[nH]1. The Kier molecular flexibility index (Phi) is 2.50. The van der Waals surface area contributed by atoms with E-state index in [1.165, 1.54) is 5.56 Å². The fraction of sp³-hybridized carbons (Fsp3) is 0.364. The number of hydrogen-bond donors (Lipinski definition) is 2. The summed E-state index contributed by atoms with van der Waals surface area (Å²) in [6.45, 7) is 3.05. The van der Waals surface area contributed by atoms with Crippen molar-refractivity contribution in [1.29, 1.82) is 0 Å². The number of para-hydroxylation sites is 1. The highest BCUT2D eigenvalue weighted by Crippen LogP contribution is 2.15. The number of aryl methyl sites for hydroxylation is 1. The number of benzene rings is 1. The molecule has 0 saturated heterocycles. The van der Waals surface area contributed by atoms with Crippen molar-refractivity contribution in [2.75, 3.05) is 13.6 Å². The van der Waals surface area contributed by atoms with E-state index in [2.05, 4.69) is 40.4 Å². The fourth-order valence-corrected chi connectivity index (χ4v) is 1.59. The number of fused-ring (bicyclic) bond motifs is 1. The molecule has 1 heterocycles. The van der Waals surface area contributed by atoms with E-state index >= 15 is 0 Å². The molecule has 3 nitrogen and oxygen atoms in total. The quantitative estimate of drug-likeness (QED) is 0.770. The number of imidazole rings is 1. The van der Waals surface area contributed by atoms with Gasteiger partial charge >= 0.3 is 0 Å². The molecule has 1 aromatic heterocycles. The number of hydrogen-bond acceptors (Lipinski definition) is 2. The average Bonchev–Trinajstić information content (AvgIpc) is 2.59. The van der Waals surface area contributed by atoms with E-state index in [1.807, 2.05) is 7.05 Å². The first-order chi connectivity index (χ1) is 6.81. The van der Waals surface area contributed by atoms with Crippen molar-refractivity contribution in [2.24, 2.45) is 0 Å². The van der Waals surface area contributed by atoms with Gasteiger partial charge in [0.25, 0.3) is 0 Å². The lowest BCUT2D eigenvalue weighted by Crippen LogP contribution is -2.10. The van der Waals surface area contributed by atoms with Gasteiger partial charge in [-0.05, 0) is 25.6 Å². The summed E-state index contributed by atoms with van der Waals surface area (Å²) in [5.74, 6) is 1.06. The third-order valence-corrected chi connectivity index (χ3v) is 2.38. The monoisotopic (exact) mass is 189 g/mol. The van der Waals surface area contributed by atoms with Crippen molar-refractivity contribution >= 4 is 11.0 Å². The number of nitrogens with one attached hydrogen (secondary N) is 2. The molecule has 0 fully saturated rings. The Morgan fingerprint density at radius 3 is 3.00 bits per heavy atom. The average molecular weight is 189 g/mol. The molecule has 0 spiro atoms. The van der Waals surface area contributed by atoms with Crippen LogP contribution in [-0.2, 0) is 6.42 Å². The summed E-state index contributed by atoms with van der Waals surface area (Å²) >= 11 is 0. The van der Waals surface area contributed by atoms with Crippen LogP contribution in [0.15, 0.2) is 18.2 Å². The van der Waals surface area contributed by atoms with E-state index in [9.17, 15) is 0 Å². The third kappa shape index (κ3) is 1.63. The molecule has 74 valence electrons. The summed E-state index contributed by atoms with van der Waals surface area (Å²) < 4.78 is 0. The van der Waals surface area contributed by atoms with Crippen molar-refractivity contribution in [3.63, 3.8) is 0 Å². The minimum absolute atomic E-state index is 0.949. The first-order valence-corrected chi connectivity index (χ1v) is 4.90. The maximum absolute atomic E-state index is 4.55. The van der Waals surface area contributed by atoms with Gasteiger partial charge in [0.05, 0.1) is 11.0 Å². The Hall–Kier alpha value is -1.35. The summed E-state index contributed by atoms with van der Waals surface area (Å²) in [7, 11) is 1.95. The predicted molar refractivity (Wildman–Crippen MR) is 58.5 cm³/mol. The van der Waals surface area contributed by atoms with Crippen molar-refractivity contribution in [3.8, 4) is 0 Å². The van der Waals surface area contributed by atoms with Crippen LogP contribution in [0.3, 0.4) is 0 Å². The largest absolute Gasteiger partial charge is 0.342 e. The molecule has 0 amide bonds. The number of likely N-dealkylation sites (N-methyl/N-ethyl adjacent to an activating group) is 1. The summed E-state index contributed by atoms with van der Waals surface area (Å²) in [6.07, 6.45) is 0.949. The second kappa shape index (κ2) is 3.80. The normalized spacial score (nSPS) is 11.0. The number of H-pyrrole nitrogens is 1. The van der Waals surface area contributed by atoms with E-state index in [0.29, 0.717) is 0 Å². The minimum Gasteiger partial charge on any atom is -0.342 e. The zero-order chi connectivity index (χ0) is 9.97. The topological polar surface area (TPSA) is 40.7 Å². The standard InChI is InChI=1S/C11H15N3/c1-8-4-3-5-9-11(8)14-10(13-9)6-7-12-2/h3-5,12H,6-7H2,1-2H3,(H,13,14). The highest BCUT2D eigenvalue weighted by molar-refractivity contribution is 5.78. The summed E-state index contributed by atoms with van der Waals surface area (Å²) in [6, 6.07) is 6.21. The lowest BCUT2D eigenvalue weighted by Gasteiger charge is -1.93. The van der Waals surface area contributed by atoms with Crippen molar-refractivity contribution in [2.45, 2.75) is 13.3 Å². The molecule has 0 aliphatic rings. The lowest BCUT2D eigenvalue weighted by atomic mass is 10.2. The Bertz CT molecular complexity index is 431. The van der Waals surface area contributed by atoms with E-state index in [0.717, 1.165) is 29.8 Å². The first-order valence-electron chi connectivity index (χ1n) is 4.90. The van der Waals surface area contributed by atoms with Crippen molar-refractivity contribution in [3.05, 3.63) is 29.6 Å². The zero-order valence-corrected chi connectivity index (χ0v) is 8.59. The maximum Gasteiger partial charge on any atom is 0.108 e. The zero-order valence-electron chi connectivity index (χ0n) is 8.59. The molecule has 0 radical (unpaired) electrons. The Morgan fingerprint density at radius 2 is 2.29 bits per heavy atom. The molecule has 2 rings (SSSR count). The summed E-state index contributed by atoms with van der Waals surface area (Å²) in [4.78, 5) is 7.87. The van der Waals surface area contributed by atoms with Gasteiger partial charge in [-0.3, -0.25) is 0 Å². The van der Waals surface area contributed by atoms with E-state index in [-0.39, 0.29) is 0 Å². The summed E-state index contributed by atoms with van der Waals surface area (Å²) in [5, 5.41) is 3.12. The van der Waals surface area contributed by atoms with Crippen molar-refractivity contribution < 1.29 is 0 Å². The van der Waals surface area contributed by atoms with E-state index < -0.39 is 0 Å². The van der Waals surface area contributed by atoms with E-state index in [1.54, 1.807) is 0 Å². The molecule has 14 heavy (non-hydrogen) atoms. The molecular formula is C11H15N3. The third-order valence-electron chi connectivity index (χ3n) is 2.38. The van der Waals surface area contributed by atoms with Crippen LogP contribution in [0.25, 0.3) is 11.0 Å². The van der Waals surface area contributed by atoms with Crippen LogP contribution in [-0.4, -0.2) is 23.6 Å². The number of aromatic nitrogens is 2. The van der Waals surface area contributed by atoms with Gasteiger partial charge in [-0.2, -0.15) is 0 Å². The number of rotatable bonds is 3. The van der Waals surface area contributed by atoms with Gasteiger partial charge < -0.3 is 10.3 Å². The van der Waals surface area contributed by atoms with Gasteiger partial charge in [0.1, 0.15) is 5.82 Å². The summed E-state index contributed by atoms with van der Waals surface area (Å²) in [5.41, 5.74) is 3.46. The van der Waals surface area contributed by atoms with Crippen LogP contribution in [0.4, 0.5) is 0 Å². The van der Waals surface area contributed by atoms with Crippen LogP contribution in [0.5, 0.6) is 0 Å². The van der Waals surface area contributed by atoms with Crippen LogP contribution < -0.4 is 5.32 Å². The van der Waals surface area contributed by atoms with Crippen LogP contribution in [0.2, 0.25) is 0 Å². The smallest absolute Gasteiger partial charge is 0.108 e. The molecule has 0 aliphatic carbocycles. The van der Waals surface area contributed by atoms with Crippen molar-refractivity contribution in [1.82, 2.24) is 15.3 Å². The molecular weight excluding hydrogens is 174 g/mol. The van der Waals surface area contributed by atoms with Crippen LogP contribution in [0.1, 0.15) is 11.4 Å². The van der Waals surface area contributed by atoms with Crippen LogP contribution in [0, 0.1) is 6.92 Å². The predicted octanol–water partition coefficient (Wildman–Crippen LogP) is 1.63. The molecule has 2 N–H and O–H groups in total. The Balaban J connectivity index is 2.36. The molecule has 0 unspecified atom stereocenters. The lowest BCUT2D eigenvalue weighted by molar-refractivity contribution is 0.766. The maximum atomic E-state index is 4.55. The molecule has 2 aromatic rings. The highest BCUT2D eigenvalue weighted by Gasteiger charge is 2.03. The Morgan fingerprint density at radius 1 is 1.43 bits per heavy atom. The second-order valence-corrected chi connectivity index (χ2v) is 3.51. The van der Waals surface area contributed by atoms with Gasteiger partial charge in [0, 0.05) is 13.0 Å². The number of aromatic amines is 1. The molecule has 0 aliphatic heterocycles. The number of nitrogens with zero attached hydrogens (tertiary/aromatic N) is 1. The van der Waals surface area contributed by atoms with Crippen LogP contribution >= 0.6 is 0 Å². The molecule has 0 bridgehead atoms. The van der Waals surface area contributed by atoms with Gasteiger partial charge in [0.15, 0.2) is 0 Å². The highest BCUT2D eigenvalue weighted by atomic mass is 14.9. The Labute approximate surface area is 83.6 Å². The first kappa shape index (κ1) is 9.21. The molecule has 1 aromatic carbocycles. The van der Waals surface area contributed by atoms with Gasteiger partial charge in [-0.1, -0.05) is 12.1 Å². The minimum atomic E-state index is 0.949. The van der Waals surface area contributed by atoms with Gasteiger partial charge in [-0.25, -0.2) is 4.98 Å². The van der Waals surface area contributed by atoms with E-state index in [4.69, 9.17) is 0 Å². The fourth-order valence-electron chi connectivity index (χ4n) is 1.59. The van der Waals surface area contributed by atoms with Gasteiger partial charge in [-0.15, -0.1) is 0 Å². The molecule has 3 heteroatoms.